The van der Waals surface area contributed by atoms with Crippen molar-refractivity contribution in [2.24, 2.45) is 5.73 Å². The first-order valence-electron chi connectivity index (χ1n) is 7.02. The molecule has 7 nitrogen and oxygen atoms in total. The van der Waals surface area contributed by atoms with Crippen LogP contribution in [0.4, 0.5) is 5.69 Å². The van der Waals surface area contributed by atoms with E-state index in [2.05, 4.69) is 0 Å². The normalized spacial score (nSPS) is 13.0. The molecule has 0 fully saturated rings. The van der Waals surface area contributed by atoms with Crippen molar-refractivity contribution in [3.05, 3.63) is 53.1 Å². The minimum Gasteiger partial charge on any atom is -0.497 e. The van der Waals surface area contributed by atoms with E-state index in [4.69, 9.17) is 15.2 Å². The van der Waals surface area contributed by atoms with Gasteiger partial charge >= 0.3 is 0 Å². The summed E-state index contributed by atoms with van der Waals surface area (Å²) in [6, 6.07) is 9.11. The van der Waals surface area contributed by atoms with Crippen molar-refractivity contribution in [2.75, 3.05) is 19.1 Å². The van der Waals surface area contributed by atoms with E-state index in [9.17, 15) is 14.4 Å². The number of fused-ring (bicyclic) bond motifs is 1. The van der Waals surface area contributed by atoms with Crippen molar-refractivity contribution in [3.8, 4) is 11.5 Å². The first-order chi connectivity index (χ1) is 11.5. The van der Waals surface area contributed by atoms with Gasteiger partial charge in [0, 0.05) is 18.2 Å². The Morgan fingerprint density at radius 3 is 2.17 bits per heavy atom. The fraction of sp³-hybridized carbons (Fsp3) is 0.118. The fourth-order valence-electron chi connectivity index (χ4n) is 2.65. The third kappa shape index (κ3) is 2.26. The van der Waals surface area contributed by atoms with Crippen molar-refractivity contribution in [1.82, 2.24) is 0 Å². The largest absolute Gasteiger partial charge is 0.497 e. The summed E-state index contributed by atoms with van der Waals surface area (Å²) < 4.78 is 10.3. The van der Waals surface area contributed by atoms with E-state index in [-0.39, 0.29) is 22.4 Å². The first-order valence-corrected chi connectivity index (χ1v) is 7.02. The molecule has 7 heteroatoms. The summed E-state index contributed by atoms with van der Waals surface area (Å²) in [7, 11) is 2.93. The van der Waals surface area contributed by atoms with Crippen LogP contribution < -0.4 is 20.1 Å². The van der Waals surface area contributed by atoms with E-state index in [1.165, 1.54) is 44.6 Å². The lowest BCUT2D eigenvalue weighted by Gasteiger charge is -2.16. The molecule has 3 rings (SSSR count). The number of carbonyl (C=O) groups is 3. The molecule has 0 unspecified atom stereocenters. The molecule has 0 aliphatic carbocycles. The number of benzene rings is 2. The minimum atomic E-state index is -0.766. The number of carbonyl (C=O) groups excluding carboxylic acids is 3. The lowest BCUT2D eigenvalue weighted by Crippen LogP contribution is -2.30. The number of imide groups is 1. The topological polar surface area (TPSA) is 98.9 Å². The highest BCUT2D eigenvalue weighted by Gasteiger charge is 2.39. The molecule has 2 N–H and O–H groups in total. The Kier molecular flexibility index (Phi) is 3.69. The van der Waals surface area contributed by atoms with Crippen LogP contribution >= 0.6 is 0 Å². The van der Waals surface area contributed by atoms with E-state index < -0.39 is 17.7 Å². The summed E-state index contributed by atoms with van der Waals surface area (Å²) >= 11 is 0. The van der Waals surface area contributed by atoms with Crippen LogP contribution in [0.15, 0.2) is 36.4 Å². The van der Waals surface area contributed by atoms with Crippen LogP contribution in [0, 0.1) is 0 Å². The number of ether oxygens (including phenoxy) is 2. The summed E-state index contributed by atoms with van der Waals surface area (Å²) in [4.78, 5) is 37.9. The van der Waals surface area contributed by atoms with E-state index >= 15 is 0 Å². The fourth-order valence-corrected chi connectivity index (χ4v) is 2.65. The van der Waals surface area contributed by atoms with Crippen LogP contribution in [0.25, 0.3) is 0 Å². The molecule has 0 aromatic heterocycles. The Bertz CT molecular complexity index is 853. The summed E-state index contributed by atoms with van der Waals surface area (Å²) in [5.41, 5.74) is 5.76. The van der Waals surface area contributed by atoms with E-state index in [0.717, 1.165) is 4.90 Å². The number of primary amides is 1. The summed E-state index contributed by atoms with van der Waals surface area (Å²) in [5.74, 6) is -1.06. The monoisotopic (exact) mass is 326 g/mol. The highest BCUT2D eigenvalue weighted by molar-refractivity contribution is 6.36. The van der Waals surface area contributed by atoms with Gasteiger partial charge < -0.3 is 15.2 Å². The Labute approximate surface area is 137 Å². The van der Waals surface area contributed by atoms with Gasteiger partial charge in [0.15, 0.2) is 0 Å². The summed E-state index contributed by atoms with van der Waals surface area (Å²) in [5, 5.41) is 0. The number of methoxy groups -OCH3 is 2. The molecule has 122 valence electrons. The number of hydrogen-bond acceptors (Lipinski definition) is 5. The number of nitrogens with zero attached hydrogens (tertiary/aromatic N) is 1. The molecule has 0 bridgehead atoms. The van der Waals surface area contributed by atoms with Gasteiger partial charge in [0.05, 0.1) is 36.6 Å². The van der Waals surface area contributed by atoms with Crippen LogP contribution in [0.1, 0.15) is 31.1 Å². The molecule has 1 aliphatic rings. The molecule has 2 aromatic carbocycles. The van der Waals surface area contributed by atoms with E-state index in [1.807, 2.05) is 0 Å². The number of hydrogen-bond donors (Lipinski definition) is 1. The maximum Gasteiger partial charge on any atom is 0.266 e. The van der Waals surface area contributed by atoms with Gasteiger partial charge in [-0.2, -0.15) is 0 Å². The average Bonchev–Trinajstić information content (AvgIpc) is 2.85. The zero-order chi connectivity index (χ0) is 17.4. The first kappa shape index (κ1) is 15.5. The molecule has 0 spiro atoms. The molecular formula is C17H14N2O5. The van der Waals surface area contributed by atoms with Gasteiger partial charge in [-0.15, -0.1) is 0 Å². The van der Waals surface area contributed by atoms with Crippen molar-refractivity contribution >= 4 is 23.4 Å². The lowest BCUT2D eigenvalue weighted by atomic mass is 10.0. The number of anilines is 1. The van der Waals surface area contributed by atoms with Crippen molar-refractivity contribution in [1.29, 1.82) is 0 Å². The Morgan fingerprint density at radius 2 is 1.62 bits per heavy atom. The maximum absolute atomic E-state index is 12.7. The van der Waals surface area contributed by atoms with Gasteiger partial charge in [-0.05, 0) is 12.1 Å². The van der Waals surface area contributed by atoms with E-state index in [1.54, 1.807) is 6.07 Å². The smallest absolute Gasteiger partial charge is 0.266 e. The molecule has 0 saturated carbocycles. The highest BCUT2D eigenvalue weighted by atomic mass is 16.5. The predicted octanol–water partition coefficient (Wildman–Crippen LogP) is 1.60. The number of amides is 3. The zero-order valence-electron chi connectivity index (χ0n) is 13.0. The maximum atomic E-state index is 12.7. The van der Waals surface area contributed by atoms with Gasteiger partial charge in [0.2, 0.25) is 5.91 Å². The Balaban J connectivity index is 2.15. The van der Waals surface area contributed by atoms with Crippen LogP contribution in [-0.2, 0) is 0 Å². The van der Waals surface area contributed by atoms with Gasteiger partial charge in [-0.25, -0.2) is 4.90 Å². The van der Waals surface area contributed by atoms with Gasteiger partial charge in [-0.1, -0.05) is 6.07 Å². The van der Waals surface area contributed by atoms with E-state index in [0.29, 0.717) is 11.5 Å². The van der Waals surface area contributed by atoms with Gasteiger partial charge in [-0.3, -0.25) is 14.4 Å². The third-order valence-electron chi connectivity index (χ3n) is 3.77. The molecule has 2 aromatic rings. The number of nitrogens with two attached hydrogens (primary N) is 1. The zero-order valence-corrected chi connectivity index (χ0v) is 13.0. The minimum absolute atomic E-state index is 0.0109. The Hall–Kier alpha value is -3.35. The van der Waals surface area contributed by atoms with Crippen molar-refractivity contribution < 1.29 is 23.9 Å². The molecule has 0 atom stereocenters. The third-order valence-corrected chi connectivity index (χ3v) is 3.77. The lowest BCUT2D eigenvalue weighted by molar-refractivity contribution is 0.0918. The Morgan fingerprint density at radius 1 is 1.00 bits per heavy atom. The average molecular weight is 326 g/mol. The second kappa shape index (κ2) is 5.69. The van der Waals surface area contributed by atoms with Crippen LogP contribution in [0.2, 0.25) is 0 Å². The molecule has 1 aliphatic heterocycles. The standard InChI is InChI=1S/C17H14N2O5/c1-23-10-6-9(7-11(8-10)24-2)19-16(21)13-5-3-4-12(15(18)20)14(13)17(19)22/h3-8H,1-2H3,(H2,18,20). The summed E-state index contributed by atoms with van der Waals surface area (Å²) in [6.45, 7) is 0. The van der Waals surface area contributed by atoms with Crippen molar-refractivity contribution in [2.45, 2.75) is 0 Å². The quantitative estimate of drug-likeness (QED) is 0.861. The molecule has 3 amide bonds. The second-order valence-electron chi connectivity index (χ2n) is 5.11. The van der Waals surface area contributed by atoms with Crippen LogP contribution in [-0.4, -0.2) is 31.9 Å². The SMILES string of the molecule is COc1cc(OC)cc(N2C(=O)c3cccc(C(N)=O)c3C2=O)c1. The highest BCUT2D eigenvalue weighted by Crippen LogP contribution is 2.34. The summed E-state index contributed by atoms with van der Waals surface area (Å²) in [6.07, 6.45) is 0. The van der Waals surface area contributed by atoms with Gasteiger partial charge in [0.25, 0.3) is 11.8 Å². The molecular weight excluding hydrogens is 312 g/mol. The van der Waals surface area contributed by atoms with Gasteiger partial charge in [0.1, 0.15) is 11.5 Å². The van der Waals surface area contributed by atoms with Crippen LogP contribution in [0.5, 0.6) is 11.5 Å². The molecule has 24 heavy (non-hydrogen) atoms. The molecule has 0 radical (unpaired) electrons. The molecule has 1 heterocycles. The second-order valence-corrected chi connectivity index (χ2v) is 5.11. The van der Waals surface area contributed by atoms with Crippen LogP contribution in [0.3, 0.4) is 0 Å². The predicted molar refractivity (Wildman–Crippen MR) is 85.6 cm³/mol. The number of rotatable bonds is 4. The molecule has 0 saturated heterocycles. The van der Waals surface area contributed by atoms with Crippen molar-refractivity contribution in [3.63, 3.8) is 0 Å².